The van der Waals surface area contributed by atoms with E-state index in [-0.39, 0.29) is 12.0 Å². The Morgan fingerprint density at radius 1 is 1.28 bits per heavy atom. The maximum Gasteiger partial charge on any atom is 0.257 e. The summed E-state index contributed by atoms with van der Waals surface area (Å²) in [6.45, 7) is 5.29. The lowest BCUT2D eigenvalue weighted by Crippen LogP contribution is -2.26. The number of carbonyl (C=O) groups is 1. The molecule has 1 amide bonds. The number of nitrogens with zero attached hydrogens (tertiary/aromatic N) is 1. The van der Waals surface area contributed by atoms with Crippen LogP contribution in [-0.4, -0.2) is 30.2 Å². The first-order valence-electron chi connectivity index (χ1n) is 8.31. The van der Waals surface area contributed by atoms with Gasteiger partial charge in [0, 0.05) is 24.7 Å². The van der Waals surface area contributed by atoms with Crippen LogP contribution in [0.3, 0.4) is 0 Å². The first-order chi connectivity index (χ1) is 12.0. The van der Waals surface area contributed by atoms with Crippen molar-refractivity contribution in [2.75, 3.05) is 18.5 Å². The van der Waals surface area contributed by atoms with Gasteiger partial charge in [-0.1, -0.05) is 23.7 Å². The summed E-state index contributed by atoms with van der Waals surface area (Å²) in [6.07, 6.45) is 3.16. The molecule has 1 N–H and O–H groups in total. The second-order valence-electron chi connectivity index (χ2n) is 6.21. The van der Waals surface area contributed by atoms with Crippen molar-refractivity contribution in [1.82, 2.24) is 4.98 Å². The van der Waals surface area contributed by atoms with E-state index in [1.807, 2.05) is 32.0 Å². The van der Waals surface area contributed by atoms with Crippen LogP contribution < -0.4 is 10.1 Å². The molecule has 1 aliphatic heterocycles. The standard InChI is InChI=1S/C19H21ClN2O3/c1-12-3-4-13(2)17(9-12)22-18(23)14-10-16(20)19(21-11-14)25-15-5-7-24-8-6-15/h3-4,9-11,15H,5-8H2,1-2H3,(H,22,23). The summed E-state index contributed by atoms with van der Waals surface area (Å²) in [5.74, 6) is 0.109. The van der Waals surface area contributed by atoms with Crippen LogP contribution in [0.25, 0.3) is 0 Å². The summed E-state index contributed by atoms with van der Waals surface area (Å²) < 4.78 is 11.1. The molecular formula is C19H21ClN2O3. The lowest BCUT2D eigenvalue weighted by Gasteiger charge is -2.23. The molecule has 3 rings (SSSR count). The molecule has 25 heavy (non-hydrogen) atoms. The van der Waals surface area contributed by atoms with Crippen LogP contribution in [0, 0.1) is 13.8 Å². The van der Waals surface area contributed by atoms with Crippen molar-refractivity contribution in [2.24, 2.45) is 0 Å². The number of hydrogen-bond donors (Lipinski definition) is 1. The van der Waals surface area contributed by atoms with Crippen molar-refractivity contribution in [1.29, 1.82) is 0 Å². The third kappa shape index (κ3) is 4.50. The number of hydrogen-bond acceptors (Lipinski definition) is 4. The van der Waals surface area contributed by atoms with Crippen molar-refractivity contribution in [3.8, 4) is 5.88 Å². The van der Waals surface area contributed by atoms with Gasteiger partial charge < -0.3 is 14.8 Å². The topological polar surface area (TPSA) is 60.5 Å². The van der Waals surface area contributed by atoms with Gasteiger partial charge in [-0.2, -0.15) is 0 Å². The Kier molecular flexibility index (Phi) is 5.56. The van der Waals surface area contributed by atoms with Gasteiger partial charge in [0.15, 0.2) is 0 Å². The molecule has 5 nitrogen and oxygen atoms in total. The first kappa shape index (κ1) is 17.7. The van der Waals surface area contributed by atoms with E-state index in [2.05, 4.69) is 10.3 Å². The number of rotatable bonds is 4. The number of amides is 1. The number of anilines is 1. The van der Waals surface area contributed by atoms with Crippen molar-refractivity contribution in [3.05, 3.63) is 52.2 Å². The maximum atomic E-state index is 12.5. The number of benzene rings is 1. The summed E-state index contributed by atoms with van der Waals surface area (Å²) >= 11 is 6.25. The summed E-state index contributed by atoms with van der Waals surface area (Å²) in [7, 11) is 0. The lowest BCUT2D eigenvalue weighted by atomic mass is 10.1. The Morgan fingerprint density at radius 2 is 2.04 bits per heavy atom. The van der Waals surface area contributed by atoms with Gasteiger partial charge in [0.1, 0.15) is 11.1 Å². The number of aromatic nitrogens is 1. The number of pyridine rings is 1. The Balaban J connectivity index is 1.71. The fourth-order valence-corrected chi connectivity index (χ4v) is 2.86. The second-order valence-corrected chi connectivity index (χ2v) is 6.62. The fraction of sp³-hybridized carbons (Fsp3) is 0.368. The zero-order valence-corrected chi connectivity index (χ0v) is 15.1. The monoisotopic (exact) mass is 360 g/mol. The summed E-state index contributed by atoms with van der Waals surface area (Å²) in [4.78, 5) is 16.7. The van der Waals surface area contributed by atoms with Gasteiger partial charge in [-0.25, -0.2) is 4.98 Å². The minimum absolute atomic E-state index is 0.0494. The van der Waals surface area contributed by atoms with Gasteiger partial charge in [-0.05, 0) is 37.1 Å². The van der Waals surface area contributed by atoms with Crippen molar-refractivity contribution in [3.63, 3.8) is 0 Å². The van der Waals surface area contributed by atoms with E-state index in [9.17, 15) is 4.79 Å². The number of carbonyl (C=O) groups excluding carboxylic acids is 1. The third-order valence-electron chi connectivity index (χ3n) is 4.16. The Morgan fingerprint density at radius 3 is 2.76 bits per heavy atom. The van der Waals surface area contributed by atoms with E-state index < -0.39 is 0 Å². The molecule has 1 aromatic carbocycles. The Labute approximate surface area is 152 Å². The highest BCUT2D eigenvalue weighted by atomic mass is 35.5. The van der Waals surface area contributed by atoms with Gasteiger partial charge in [0.25, 0.3) is 5.91 Å². The minimum Gasteiger partial charge on any atom is -0.473 e. The third-order valence-corrected chi connectivity index (χ3v) is 4.43. The van der Waals surface area contributed by atoms with Crippen LogP contribution in [-0.2, 0) is 4.74 Å². The van der Waals surface area contributed by atoms with E-state index in [0.29, 0.717) is 29.7 Å². The fourth-order valence-electron chi connectivity index (χ4n) is 2.65. The molecule has 6 heteroatoms. The zero-order chi connectivity index (χ0) is 17.8. The lowest BCUT2D eigenvalue weighted by molar-refractivity contribution is 0.0238. The summed E-state index contributed by atoms with van der Waals surface area (Å²) in [5.41, 5.74) is 3.25. The SMILES string of the molecule is Cc1ccc(C)c(NC(=O)c2cnc(OC3CCOCC3)c(Cl)c2)c1. The van der Waals surface area contributed by atoms with E-state index in [4.69, 9.17) is 21.1 Å². The summed E-state index contributed by atoms with van der Waals surface area (Å²) in [6, 6.07) is 7.50. The van der Waals surface area contributed by atoms with E-state index in [1.54, 1.807) is 6.07 Å². The molecule has 1 saturated heterocycles. The smallest absolute Gasteiger partial charge is 0.257 e. The quantitative estimate of drug-likeness (QED) is 0.889. The zero-order valence-electron chi connectivity index (χ0n) is 14.3. The molecular weight excluding hydrogens is 340 g/mol. The molecule has 2 heterocycles. The molecule has 0 saturated carbocycles. The number of ether oxygens (including phenoxy) is 2. The summed E-state index contributed by atoms with van der Waals surface area (Å²) in [5, 5.41) is 3.23. The van der Waals surface area contributed by atoms with E-state index >= 15 is 0 Å². The molecule has 0 aliphatic carbocycles. The van der Waals surface area contributed by atoms with Crippen LogP contribution >= 0.6 is 11.6 Å². The van der Waals surface area contributed by atoms with Crippen LogP contribution in [0.5, 0.6) is 5.88 Å². The number of aryl methyl sites for hydroxylation is 2. The van der Waals surface area contributed by atoms with Crippen molar-refractivity contribution in [2.45, 2.75) is 32.8 Å². The van der Waals surface area contributed by atoms with E-state index in [1.165, 1.54) is 6.20 Å². The maximum absolute atomic E-state index is 12.5. The van der Waals surface area contributed by atoms with Crippen LogP contribution in [0.2, 0.25) is 5.02 Å². The highest BCUT2D eigenvalue weighted by Gasteiger charge is 2.18. The molecule has 0 unspecified atom stereocenters. The average Bonchev–Trinajstić information content (AvgIpc) is 2.61. The highest BCUT2D eigenvalue weighted by Crippen LogP contribution is 2.26. The normalized spacial score (nSPS) is 15.0. The van der Waals surface area contributed by atoms with Crippen LogP contribution in [0.4, 0.5) is 5.69 Å². The van der Waals surface area contributed by atoms with Gasteiger partial charge >= 0.3 is 0 Å². The van der Waals surface area contributed by atoms with Crippen LogP contribution in [0.15, 0.2) is 30.5 Å². The molecule has 132 valence electrons. The molecule has 1 aliphatic rings. The van der Waals surface area contributed by atoms with Gasteiger partial charge in [0.05, 0.1) is 18.8 Å². The molecule has 0 bridgehead atoms. The molecule has 0 spiro atoms. The highest BCUT2D eigenvalue weighted by molar-refractivity contribution is 6.32. The first-order valence-corrected chi connectivity index (χ1v) is 8.69. The van der Waals surface area contributed by atoms with Crippen LogP contribution in [0.1, 0.15) is 34.3 Å². The van der Waals surface area contributed by atoms with Gasteiger partial charge in [-0.3, -0.25) is 4.79 Å². The molecule has 1 fully saturated rings. The van der Waals surface area contributed by atoms with Crippen molar-refractivity contribution < 1.29 is 14.3 Å². The van der Waals surface area contributed by atoms with E-state index in [0.717, 1.165) is 29.7 Å². The largest absolute Gasteiger partial charge is 0.473 e. The number of halogens is 1. The molecule has 0 radical (unpaired) electrons. The number of nitrogens with one attached hydrogen (secondary N) is 1. The molecule has 0 atom stereocenters. The molecule has 1 aromatic heterocycles. The van der Waals surface area contributed by atoms with Gasteiger partial charge in [-0.15, -0.1) is 0 Å². The minimum atomic E-state index is -0.249. The average molecular weight is 361 g/mol. The predicted octanol–water partition coefficient (Wildman–Crippen LogP) is 4.16. The predicted molar refractivity (Wildman–Crippen MR) is 97.6 cm³/mol. The van der Waals surface area contributed by atoms with Gasteiger partial charge in [0.2, 0.25) is 5.88 Å². The Bertz CT molecular complexity index is 773. The van der Waals surface area contributed by atoms with Crippen molar-refractivity contribution >= 4 is 23.2 Å². The Hall–Kier alpha value is -2.11. The molecule has 2 aromatic rings. The second kappa shape index (κ2) is 7.85.